The van der Waals surface area contributed by atoms with Crippen molar-refractivity contribution in [2.24, 2.45) is 0 Å². The first-order valence-electron chi connectivity index (χ1n) is 9.24. The number of rotatable bonds is 4. The molecular weight excluding hydrogens is 328 g/mol. The zero-order valence-electron chi connectivity index (χ0n) is 15.3. The Labute approximate surface area is 152 Å². The first-order valence-corrected chi connectivity index (χ1v) is 9.24. The van der Waals surface area contributed by atoms with Crippen LogP contribution in [0.4, 0.5) is 0 Å². The maximum Gasteiger partial charge on any atom is 0.272 e. The molecule has 1 atom stereocenters. The maximum absolute atomic E-state index is 13.2. The second-order valence-corrected chi connectivity index (χ2v) is 7.04. The molecule has 0 bridgehead atoms. The average Bonchev–Trinajstić information content (AvgIpc) is 3.28. The van der Waals surface area contributed by atoms with Gasteiger partial charge in [-0.3, -0.25) is 9.48 Å². The number of hydrogen-bond acceptors (Lipinski definition) is 4. The van der Waals surface area contributed by atoms with E-state index in [1.54, 1.807) is 10.7 Å². The maximum atomic E-state index is 13.2. The lowest BCUT2D eigenvalue weighted by Crippen LogP contribution is -2.44. The monoisotopic (exact) mass is 352 g/mol. The number of carbonyl (C=O) groups is 1. The minimum absolute atomic E-state index is 0.0274. The summed E-state index contributed by atoms with van der Waals surface area (Å²) in [7, 11) is 0. The number of carbonyl (C=O) groups excluding carboxylic acids is 1. The van der Waals surface area contributed by atoms with Gasteiger partial charge >= 0.3 is 0 Å². The van der Waals surface area contributed by atoms with Crippen LogP contribution >= 0.6 is 0 Å². The van der Waals surface area contributed by atoms with Gasteiger partial charge in [-0.25, -0.2) is 9.50 Å². The number of likely N-dealkylation sites (tertiary alicyclic amines) is 1. The molecule has 0 spiro atoms. The van der Waals surface area contributed by atoms with Crippen molar-refractivity contribution in [3.8, 4) is 0 Å². The van der Waals surface area contributed by atoms with E-state index in [2.05, 4.69) is 15.2 Å². The van der Waals surface area contributed by atoms with Gasteiger partial charge in [-0.05, 0) is 51.7 Å². The van der Waals surface area contributed by atoms with Crippen LogP contribution in [0.15, 0.2) is 30.6 Å². The molecule has 7 heteroatoms. The van der Waals surface area contributed by atoms with Gasteiger partial charge in [0, 0.05) is 43.3 Å². The van der Waals surface area contributed by atoms with Crippen LogP contribution in [-0.4, -0.2) is 47.8 Å². The fourth-order valence-electron chi connectivity index (χ4n) is 3.78. The lowest BCUT2D eigenvalue weighted by Gasteiger charge is -2.35. The van der Waals surface area contributed by atoms with E-state index in [0.29, 0.717) is 5.69 Å². The van der Waals surface area contributed by atoms with Crippen LogP contribution in [0.1, 0.15) is 47.6 Å². The van der Waals surface area contributed by atoms with Crippen molar-refractivity contribution >= 4 is 11.6 Å². The van der Waals surface area contributed by atoms with E-state index in [-0.39, 0.29) is 11.9 Å². The molecule has 0 aliphatic carbocycles. The molecule has 1 saturated heterocycles. The molecule has 0 aromatic carbocycles. The molecule has 1 aliphatic heterocycles. The predicted molar refractivity (Wildman–Crippen MR) is 98.0 cm³/mol. The summed E-state index contributed by atoms with van der Waals surface area (Å²) in [6.45, 7) is 5.52. The Hall–Kier alpha value is -2.70. The van der Waals surface area contributed by atoms with Crippen LogP contribution in [-0.2, 0) is 6.54 Å². The number of nitrogens with zero attached hydrogens (tertiary/aromatic N) is 6. The molecule has 7 nitrogen and oxygen atoms in total. The van der Waals surface area contributed by atoms with Crippen LogP contribution in [0.3, 0.4) is 0 Å². The van der Waals surface area contributed by atoms with Crippen molar-refractivity contribution in [3.05, 3.63) is 47.7 Å². The molecule has 0 saturated carbocycles. The number of aromatic nitrogens is 5. The Bertz CT molecular complexity index is 914. The highest BCUT2D eigenvalue weighted by molar-refractivity contribution is 5.93. The van der Waals surface area contributed by atoms with Crippen LogP contribution in [0.25, 0.3) is 5.65 Å². The quantitative estimate of drug-likeness (QED) is 0.724. The molecular formula is C19H24N6O. The minimum Gasteiger partial charge on any atom is -0.334 e. The summed E-state index contributed by atoms with van der Waals surface area (Å²) in [5.74, 6) is 0.0274. The number of piperidine rings is 1. The van der Waals surface area contributed by atoms with Gasteiger partial charge in [0.25, 0.3) is 5.91 Å². The van der Waals surface area contributed by atoms with Gasteiger partial charge in [0.15, 0.2) is 5.65 Å². The SMILES string of the molecule is Cc1cc2nc(C(=O)N3CCCC[C@@H]3CCn3cccn3)cc(C)n2n1. The zero-order valence-corrected chi connectivity index (χ0v) is 15.3. The van der Waals surface area contributed by atoms with E-state index >= 15 is 0 Å². The fraction of sp³-hybridized carbons (Fsp3) is 0.474. The third-order valence-electron chi connectivity index (χ3n) is 5.09. The van der Waals surface area contributed by atoms with Crippen LogP contribution in [0.5, 0.6) is 0 Å². The predicted octanol–water partition coefficient (Wildman–Crippen LogP) is 2.63. The largest absolute Gasteiger partial charge is 0.334 e. The van der Waals surface area contributed by atoms with E-state index < -0.39 is 0 Å². The molecule has 136 valence electrons. The van der Waals surface area contributed by atoms with Crippen LogP contribution in [0.2, 0.25) is 0 Å². The van der Waals surface area contributed by atoms with E-state index in [1.165, 1.54) is 6.42 Å². The third kappa shape index (κ3) is 3.21. The number of hydrogen-bond donors (Lipinski definition) is 0. The fourth-order valence-corrected chi connectivity index (χ4v) is 3.78. The Kier molecular flexibility index (Phi) is 4.44. The Morgan fingerprint density at radius 3 is 2.96 bits per heavy atom. The number of aryl methyl sites for hydroxylation is 3. The Morgan fingerprint density at radius 2 is 2.15 bits per heavy atom. The number of fused-ring (bicyclic) bond motifs is 1. The molecule has 26 heavy (non-hydrogen) atoms. The highest BCUT2D eigenvalue weighted by Gasteiger charge is 2.28. The van der Waals surface area contributed by atoms with Crippen LogP contribution in [0, 0.1) is 13.8 Å². The molecule has 0 radical (unpaired) electrons. The smallest absolute Gasteiger partial charge is 0.272 e. The summed E-state index contributed by atoms with van der Waals surface area (Å²) in [5.41, 5.74) is 3.08. The molecule has 1 aliphatic rings. The molecule has 4 rings (SSSR count). The summed E-state index contributed by atoms with van der Waals surface area (Å²) in [6, 6.07) is 5.93. The van der Waals surface area contributed by atoms with Gasteiger partial charge in [-0.1, -0.05) is 0 Å². The molecule has 4 heterocycles. The summed E-state index contributed by atoms with van der Waals surface area (Å²) < 4.78 is 3.72. The van der Waals surface area contributed by atoms with Crippen molar-refractivity contribution in [2.75, 3.05) is 6.54 Å². The zero-order chi connectivity index (χ0) is 18.1. The van der Waals surface area contributed by atoms with Crippen molar-refractivity contribution < 1.29 is 4.79 Å². The summed E-state index contributed by atoms with van der Waals surface area (Å²) in [6.07, 6.45) is 7.94. The lowest BCUT2D eigenvalue weighted by atomic mass is 9.98. The first-order chi connectivity index (χ1) is 12.6. The minimum atomic E-state index is 0.0274. The molecule has 1 amide bonds. The van der Waals surface area contributed by atoms with E-state index in [9.17, 15) is 4.79 Å². The average molecular weight is 352 g/mol. The molecule has 0 unspecified atom stereocenters. The highest BCUT2D eigenvalue weighted by Crippen LogP contribution is 2.23. The summed E-state index contributed by atoms with van der Waals surface area (Å²) in [4.78, 5) is 19.8. The summed E-state index contributed by atoms with van der Waals surface area (Å²) >= 11 is 0. The molecule has 3 aromatic rings. The second-order valence-electron chi connectivity index (χ2n) is 7.04. The Balaban J connectivity index is 1.56. The van der Waals surface area contributed by atoms with Crippen molar-refractivity contribution in [3.63, 3.8) is 0 Å². The lowest BCUT2D eigenvalue weighted by molar-refractivity contribution is 0.0588. The van der Waals surface area contributed by atoms with Gasteiger partial charge < -0.3 is 4.90 Å². The standard InChI is InChI=1S/C19H24N6O/c1-14-12-18-21-17(13-15(2)25(18)22-14)19(26)24-10-4-3-6-16(24)7-11-23-9-5-8-20-23/h5,8-9,12-13,16H,3-4,6-7,10-11H2,1-2H3/t16-/m1/s1. The Morgan fingerprint density at radius 1 is 1.27 bits per heavy atom. The topological polar surface area (TPSA) is 68.3 Å². The molecule has 1 fully saturated rings. The van der Waals surface area contributed by atoms with Crippen molar-refractivity contribution in [1.29, 1.82) is 0 Å². The third-order valence-corrected chi connectivity index (χ3v) is 5.09. The van der Waals surface area contributed by atoms with Crippen LogP contribution < -0.4 is 0 Å². The molecule has 0 N–H and O–H groups in total. The number of amides is 1. The second kappa shape index (κ2) is 6.90. The molecule has 3 aromatic heterocycles. The van der Waals surface area contributed by atoms with Gasteiger partial charge in [0.05, 0.1) is 5.69 Å². The normalized spacial score (nSPS) is 17.8. The van der Waals surface area contributed by atoms with E-state index in [1.807, 2.05) is 47.8 Å². The highest BCUT2D eigenvalue weighted by atomic mass is 16.2. The summed E-state index contributed by atoms with van der Waals surface area (Å²) in [5, 5.41) is 8.69. The van der Waals surface area contributed by atoms with Gasteiger partial charge in [0.1, 0.15) is 5.69 Å². The van der Waals surface area contributed by atoms with E-state index in [4.69, 9.17) is 0 Å². The first kappa shape index (κ1) is 16.8. The van der Waals surface area contributed by atoms with Gasteiger partial charge in [-0.2, -0.15) is 10.2 Å². The van der Waals surface area contributed by atoms with Crippen molar-refractivity contribution in [1.82, 2.24) is 29.3 Å². The van der Waals surface area contributed by atoms with Gasteiger partial charge in [0.2, 0.25) is 0 Å². The van der Waals surface area contributed by atoms with Gasteiger partial charge in [-0.15, -0.1) is 0 Å². The van der Waals surface area contributed by atoms with Crippen molar-refractivity contribution in [2.45, 2.75) is 52.1 Å². The van der Waals surface area contributed by atoms with E-state index in [0.717, 1.165) is 49.4 Å².